The molecule has 1 aromatic rings. The van der Waals surface area contributed by atoms with E-state index < -0.39 is 10.0 Å². The number of hydrogen-bond donors (Lipinski definition) is 1. The molecule has 1 aromatic carbocycles. The maximum absolute atomic E-state index is 12.5. The average molecular weight is 425 g/mol. The summed E-state index contributed by atoms with van der Waals surface area (Å²) < 4.78 is 34.9. The van der Waals surface area contributed by atoms with Crippen molar-refractivity contribution in [2.24, 2.45) is 5.92 Å². The largest absolute Gasteiger partial charge is 0.376 e. The van der Waals surface area contributed by atoms with Gasteiger partial charge in [-0.15, -0.1) is 0 Å². The quantitative estimate of drug-likeness (QED) is 0.807. The van der Waals surface area contributed by atoms with Crippen molar-refractivity contribution in [3.63, 3.8) is 0 Å². The lowest BCUT2D eigenvalue weighted by molar-refractivity contribution is 0.0848. The molecule has 0 radical (unpaired) electrons. The molecule has 1 saturated carbocycles. The van der Waals surface area contributed by atoms with Gasteiger partial charge in [0, 0.05) is 15.6 Å². The molecular formula is C13H15Br2NO3S. The lowest BCUT2D eigenvalue weighted by atomic mass is 10.1. The van der Waals surface area contributed by atoms with E-state index in [1.54, 1.807) is 18.2 Å². The van der Waals surface area contributed by atoms with Crippen molar-refractivity contribution in [3.8, 4) is 0 Å². The normalized spacial score (nSPS) is 26.9. The number of rotatable bonds is 4. The highest BCUT2D eigenvalue weighted by atomic mass is 79.9. The standard InChI is InChI=1S/C13H15Br2NO3S/c14-9-3-4-10(15)12(7-9)20(17,18)16-11-5-6-19-13(11)8-1-2-8/h3-4,7-8,11,13,16H,1-2,5-6H2. The highest BCUT2D eigenvalue weighted by Gasteiger charge is 2.42. The first kappa shape index (κ1) is 15.0. The van der Waals surface area contributed by atoms with Gasteiger partial charge in [-0.3, -0.25) is 0 Å². The minimum Gasteiger partial charge on any atom is -0.376 e. The van der Waals surface area contributed by atoms with Crippen LogP contribution >= 0.6 is 31.9 Å². The molecule has 2 fully saturated rings. The third-order valence-electron chi connectivity index (χ3n) is 3.71. The molecule has 0 amide bonds. The highest BCUT2D eigenvalue weighted by molar-refractivity contribution is 9.11. The molecule has 4 nitrogen and oxygen atoms in total. The van der Waals surface area contributed by atoms with Gasteiger partial charge in [-0.1, -0.05) is 15.9 Å². The van der Waals surface area contributed by atoms with Crippen molar-refractivity contribution in [2.45, 2.75) is 36.3 Å². The Labute approximate surface area is 135 Å². The molecule has 1 saturated heterocycles. The maximum atomic E-state index is 12.5. The third kappa shape index (κ3) is 3.11. The van der Waals surface area contributed by atoms with E-state index in [2.05, 4.69) is 36.6 Å². The van der Waals surface area contributed by atoms with Crippen LogP contribution < -0.4 is 4.72 Å². The Morgan fingerprint density at radius 1 is 1.20 bits per heavy atom. The summed E-state index contributed by atoms with van der Waals surface area (Å²) in [6.07, 6.45) is 3.06. The fraction of sp³-hybridized carbons (Fsp3) is 0.538. The van der Waals surface area contributed by atoms with Crippen molar-refractivity contribution in [3.05, 3.63) is 27.1 Å². The molecule has 1 aliphatic heterocycles. The fourth-order valence-electron chi connectivity index (χ4n) is 2.57. The van der Waals surface area contributed by atoms with Gasteiger partial charge in [0.15, 0.2) is 0 Å². The van der Waals surface area contributed by atoms with Crippen LogP contribution in [0.25, 0.3) is 0 Å². The molecule has 0 bridgehead atoms. The van der Waals surface area contributed by atoms with Gasteiger partial charge in [-0.25, -0.2) is 13.1 Å². The van der Waals surface area contributed by atoms with E-state index in [0.29, 0.717) is 17.0 Å². The Morgan fingerprint density at radius 3 is 2.65 bits per heavy atom. The SMILES string of the molecule is O=S(=O)(NC1CCOC1C1CC1)c1cc(Br)ccc1Br. The summed E-state index contributed by atoms with van der Waals surface area (Å²) in [6.45, 7) is 0.633. The predicted molar refractivity (Wildman–Crippen MR) is 83.0 cm³/mol. The van der Waals surface area contributed by atoms with Crippen molar-refractivity contribution in [2.75, 3.05) is 6.61 Å². The van der Waals surface area contributed by atoms with E-state index in [9.17, 15) is 8.42 Å². The number of hydrogen-bond acceptors (Lipinski definition) is 3. The fourth-order valence-corrected chi connectivity index (χ4v) is 5.36. The van der Waals surface area contributed by atoms with Gasteiger partial charge < -0.3 is 4.74 Å². The number of sulfonamides is 1. The number of halogens is 2. The Bertz CT molecular complexity index is 616. The van der Waals surface area contributed by atoms with Crippen LogP contribution in [0.3, 0.4) is 0 Å². The smallest absolute Gasteiger partial charge is 0.242 e. The molecule has 110 valence electrons. The molecule has 1 heterocycles. The Balaban J connectivity index is 1.83. The Morgan fingerprint density at radius 2 is 1.95 bits per heavy atom. The van der Waals surface area contributed by atoms with Crippen molar-refractivity contribution in [1.29, 1.82) is 0 Å². The maximum Gasteiger partial charge on any atom is 0.242 e. The molecule has 3 rings (SSSR count). The second-order valence-corrected chi connectivity index (χ2v) is 8.72. The summed E-state index contributed by atoms with van der Waals surface area (Å²) in [5, 5.41) is 0. The van der Waals surface area contributed by atoms with Crippen LogP contribution in [-0.2, 0) is 14.8 Å². The van der Waals surface area contributed by atoms with E-state index >= 15 is 0 Å². The minimum atomic E-state index is -3.54. The van der Waals surface area contributed by atoms with E-state index in [1.807, 2.05) is 0 Å². The number of nitrogens with one attached hydrogen (secondary N) is 1. The van der Waals surface area contributed by atoms with Crippen LogP contribution in [-0.4, -0.2) is 27.2 Å². The van der Waals surface area contributed by atoms with Gasteiger partial charge in [0.2, 0.25) is 10.0 Å². The molecule has 0 aromatic heterocycles. The van der Waals surface area contributed by atoms with Gasteiger partial charge in [-0.2, -0.15) is 0 Å². The monoisotopic (exact) mass is 423 g/mol. The summed E-state index contributed by atoms with van der Waals surface area (Å²) in [5.74, 6) is 0.524. The summed E-state index contributed by atoms with van der Waals surface area (Å²) in [4.78, 5) is 0.258. The zero-order valence-corrected chi connectivity index (χ0v) is 14.7. The zero-order chi connectivity index (χ0) is 14.3. The molecular weight excluding hydrogens is 410 g/mol. The first-order chi connectivity index (χ1) is 9.47. The topological polar surface area (TPSA) is 55.4 Å². The molecule has 2 unspecified atom stereocenters. The van der Waals surface area contributed by atoms with E-state index in [4.69, 9.17) is 4.74 Å². The zero-order valence-electron chi connectivity index (χ0n) is 10.7. The molecule has 1 N–H and O–H groups in total. The summed E-state index contributed by atoms with van der Waals surface area (Å²) in [5.41, 5.74) is 0. The second kappa shape index (κ2) is 5.68. The van der Waals surface area contributed by atoms with Crippen molar-refractivity contribution >= 4 is 41.9 Å². The molecule has 7 heteroatoms. The van der Waals surface area contributed by atoms with Gasteiger partial charge in [0.05, 0.1) is 17.0 Å². The van der Waals surface area contributed by atoms with E-state index in [0.717, 1.165) is 23.7 Å². The summed E-state index contributed by atoms with van der Waals surface area (Å²) in [7, 11) is -3.54. The molecule has 2 aliphatic rings. The Hall–Kier alpha value is 0.0500. The average Bonchev–Trinajstić information content (AvgIpc) is 3.13. The summed E-state index contributed by atoms with van der Waals surface area (Å²) in [6, 6.07) is 5.02. The predicted octanol–water partition coefficient (Wildman–Crippen LogP) is 3.06. The third-order valence-corrected chi connectivity index (χ3v) is 6.69. The molecule has 0 spiro atoms. The van der Waals surface area contributed by atoms with Gasteiger partial charge in [0.1, 0.15) is 0 Å². The van der Waals surface area contributed by atoms with E-state index in [-0.39, 0.29) is 17.0 Å². The van der Waals surface area contributed by atoms with Gasteiger partial charge in [-0.05, 0) is 59.3 Å². The molecule has 20 heavy (non-hydrogen) atoms. The minimum absolute atomic E-state index is 0.0377. The Kier molecular flexibility index (Phi) is 4.25. The van der Waals surface area contributed by atoms with E-state index in [1.165, 1.54) is 0 Å². The van der Waals surface area contributed by atoms with Crippen LogP contribution in [0.15, 0.2) is 32.0 Å². The molecule has 1 aliphatic carbocycles. The molecule has 2 atom stereocenters. The van der Waals surface area contributed by atoms with Crippen molar-refractivity contribution < 1.29 is 13.2 Å². The van der Waals surface area contributed by atoms with Crippen LogP contribution in [0.4, 0.5) is 0 Å². The second-order valence-electron chi connectivity index (χ2n) is 5.26. The lowest BCUT2D eigenvalue weighted by Crippen LogP contribution is -2.41. The first-order valence-electron chi connectivity index (χ1n) is 6.56. The highest BCUT2D eigenvalue weighted by Crippen LogP contribution is 2.39. The summed E-state index contributed by atoms with van der Waals surface area (Å²) >= 11 is 6.61. The number of ether oxygens (including phenoxy) is 1. The van der Waals surface area contributed by atoms with Crippen LogP contribution in [0.1, 0.15) is 19.3 Å². The van der Waals surface area contributed by atoms with Crippen molar-refractivity contribution in [1.82, 2.24) is 4.72 Å². The van der Waals surface area contributed by atoms with Gasteiger partial charge in [0.25, 0.3) is 0 Å². The van der Waals surface area contributed by atoms with Gasteiger partial charge >= 0.3 is 0 Å². The first-order valence-corrected chi connectivity index (χ1v) is 9.63. The van der Waals surface area contributed by atoms with Crippen LogP contribution in [0, 0.1) is 5.92 Å². The number of benzene rings is 1. The van der Waals surface area contributed by atoms with Crippen LogP contribution in [0.2, 0.25) is 0 Å². The van der Waals surface area contributed by atoms with Crippen LogP contribution in [0.5, 0.6) is 0 Å². The lowest BCUT2D eigenvalue weighted by Gasteiger charge is -2.20.